The third kappa shape index (κ3) is 6.10. The van der Waals surface area contributed by atoms with Crippen LogP contribution >= 0.6 is 8.58 Å². The normalized spacial score (nSPS) is 12.4. The third-order valence-corrected chi connectivity index (χ3v) is 2.01. The van der Waals surface area contributed by atoms with Gasteiger partial charge in [0.15, 0.2) is 0 Å². The van der Waals surface area contributed by atoms with E-state index in [4.69, 9.17) is 4.74 Å². The zero-order valence-corrected chi connectivity index (χ0v) is 8.32. The molecule has 0 rings (SSSR count). The maximum atomic E-state index is 5.24. The summed E-state index contributed by atoms with van der Waals surface area (Å²) in [7, 11) is 0.705. The van der Waals surface area contributed by atoms with Crippen LogP contribution in [0.15, 0.2) is 12.1 Å². The first-order valence-electron chi connectivity index (χ1n) is 3.55. The van der Waals surface area contributed by atoms with Gasteiger partial charge >= 0.3 is 0 Å². The Hall–Kier alpha value is -0.0300. The lowest BCUT2D eigenvalue weighted by atomic mass is 10.3. The quantitative estimate of drug-likeness (QED) is 0.455. The van der Waals surface area contributed by atoms with Crippen molar-refractivity contribution in [3.63, 3.8) is 0 Å². The molecule has 1 atom stereocenters. The van der Waals surface area contributed by atoms with Gasteiger partial charge < -0.3 is 4.74 Å². The van der Waals surface area contributed by atoms with Gasteiger partial charge in [-0.1, -0.05) is 27.4 Å². The fraction of sp³-hybridized carbons (Fsp3) is 0.750. The van der Waals surface area contributed by atoms with Gasteiger partial charge in [0.25, 0.3) is 0 Å². The van der Waals surface area contributed by atoms with Gasteiger partial charge in [0.1, 0.15) is 5.50 Å². The average molecular weight is 160 g/mol. The molecular formula is C8H17OP. The van der Waals surface area contributed by atoms with Gasteiger partial charge in [-0.15, -0.1) is 0 Å². The van der Waals surface area contributed by atoms with Gasteiger partial charge in [-0.3, -0.25) is 0 Å². The summed E-state index contributed by atoms with van der Waals surface area (Å²) in [6, 6.07) is 0. The molecule has 0 radical (unpaired) electrons. The zero-order chi connectivity index (χ0) is 8.20. The molecule has 0 saturated heterocycles. The van der Waals surface area contributed by atoms with Crippen molar-refractivity contribution in [3.05, 3.63) is 12.1 Å². The van der Waals surface area contributed by atoms with Gasteiger partial charge in [-0.25, -0.2) is 0 Å². The fourth-order valence-electron chi connectivity index (χ4n) is 0.629. The van der Waals surface area contributed by atoms with Gasteiger partial charge in [-0.05, 0) is 20.7 Å². The van der Waals surface area contributed by atoms with Gasteiger partial charge in [0.2, 0.25) is 0 Å². The van der Waals surface area contributed by atoms with E-state index in [-0.39, 0.29) is 0 Å². The molecule has 0 aromatic heterocycles. The molecule has 2 heteroatoms. The van der Waals surface area contributed by atoms with Crippen molar-refractivity contribution in [2.24, 2.45) is 0 Å². The Balaban J connectivity index is 3.58. The highest BCUT2D eigenvalue weighted by Crippen LogP contribution is 2.37. The Labute approximate surface area is 65.6 Å². The predicted molar refractivity (Wildman–Crippen MR) is 48.8 cm³/mol. The molecule has 0 spiro atoms. The molecule has 0 saturated carbocycles. The topological polar surface area (TPSA) is 9.23 Å². The highest BCUT2D eigenvalue weighted by Gasteiger charge is 2.11. The van der Waals surface area contributed by atoms with Crippen LogP contribution in [-0.2, 0) is 4.74 Å². The highest BCUT2D eigenvalue weighted by molar-refractivity contribution is 7.44. The maximum absolute atomic E-state index is 5.24. The lowest BCUT2D eigenvalue weighted by molar-refractivity contribution is 0.257. The second-order valence-electron chi connectivity index (χ2n) is 3.23. The van der Waals surface area contributed by atoms with Crippen molar-refractivity contribution < 1.29 is 4.74 Å². The second kappa shape index (κ2) is 3.98. The van der Waals surface area contributed by atoms with Crippen LogP contribution in [0.1, 0.15) is 27.7 Å². The van der Waals surface area contributed by atoms with Crippen LogP contribution in [0.4, 0.5) is 0 Å². The first-order chi connectivity index (χ1) is 4.45. The Kier molecular flexibility index (Phi) is 3.96. The van der Waals surface area contributed by atoms with Gasteiger partial charge in [-0.2, -0.15) is 0 Å². The average Bonchev–Trinajstić information content (AvgIpc) is 1.59. The summed E-state index contributed by atoms with van der Waals surface area (Å²) >= 11 is 0. The largest absolute Gasteiger partial charge is 0.495 e. The van der Waals surface area contributed by atoms with Crippen LogP contribution in [0.5, 0.6) is 0 Å². The molecule has 0 aromatic carbocycles. The summed E-state index contributed by atoms with van der Waals surface area (Å²) in [6.07, 6.45) is 0. The van der Waals surface area contributed by atoms with E-state index in [0.717, 1.165) is 12.1 Å². The summed E-state index contributed by atoms with van der Waals surface area (Å²) in [6.45, 7) is 13.1. The van der Waals surface area contributed by atoms with Crippen LogP contribution in [0, 0.1) is 0 Å². The SMILES string of the molecule is C=C(OCC)PC(C)(C)C. The van der Waals surface area contributed by atoms with Crippen LogP contribution in [0.25, 0.3) is 0 Å². The molecule has 0 bridgehead atoms. The number of hydrogen-bond donors (Lipinski definition) is 0. The van der Waals surface area contributed by atoms with E-state index in [9.17, 15) is 0 Å². The van der Waals surface area contributed by atoms with E-state index in [1.165, 1.54) is 0 Å². The first kappa shape index (κ1) is 9.97. The number of ether oxygens (including phenoxy) is 1. The van der Waals surface area contributed by atoms with Crippen LogP contribution in [-0.4, -0.2) is 11.8 Å². The second-order valence-corrected chi connectivity index (χ2v) is 5.54. The predicted octanol–water partition coefficient (Wildman–Crippen LogP) is 2.97. The van der Waals surface area contributed by atoms with E-state index in [1.807, 2.05) is 6.92 Å². The molecule has 0 fully saturated rings. The van der Waals surface area contributed by atoms with E-state index < -0.39 is 0 Å². The van der Waals surface area contributed by atoms with E-state index in [0.29, 0.717) is 13.7 Å². The van der Waals surface area contributed by atoms with Crippen molar-refractivity contribution in [2.45, 2.75) is 32.9 Å². The molecule has 0 aliphatic carbocycles. The van der Waals surface area contributed by atoms with Crippen LogP contribution in [0.3, 0.4) is 0 Å². The monoisotopic (exact) mass is 160 g/mol. The van der Waals surface area contributed by atoms with E-state index in [1.54, 1.807) is 0 Å². The molecule has 0 heterocycles. The lowest BCUT2D eigenvalue weighted by Gasteiger charge is -2.19. The fourth-order valence-corrected chi connectivity index (χ4v) is 1.68. The van der Waals surface area contributed by atoms with Crippen molar-refractivity contribution >= 4 is 8.58 Å². The number of rotatable bonds is 3. The number of hydrogen-bond acceptors (Lipinski definition) is 1. The first-order valence-corrected chi connectivity index (χ1v) is 4.55. The molecule has 0 N–H and O–H groups in total. The highest BCUT2D eigenvalue weighted by atomic mass is 31.1. The van der Waals surface area contributed by atoms with Crippen molar-refractivity contribution in [1.82, 2.24) is 0 Å². The summed E-state index contributed by atoms with van der Waals surface area (Å²) in [4.78, 5) is 0. The van der Waals surface area contributed by atoms with Gasteiger partial charge in [0.05, 0.1) is 6.61 Å². The Morgan fingerprint density at radius 3 is 2.30 bits per heavy atom. The Morgan fingerprint density at radius 2 is 2.00 bits per heavy atom. The minimum Gasteiger partial charge on any atom is -0.495 e. The summed E-state index contributed by atoms with van der Waals surface area (Å²) in [5.74, 6) is 0. The minimum absolute atomic E-state index is 0.326. The molecule has 0 amide bonds. The zero-order valence-electron chi connectivity index (χ0n) is 7.32. The smallest absolute Gasteiger partial charge is 0.108 e. The molecule has 1 nitrogen and oxygen atoms in total. The van der Waals surface area contributed by atoms with Gasteiger partial charge in [0, 0.05) is 0 Å². The van der Waals surface area contributed by atoms with Crippen molar-refractivity contribution in [1.29, 1.82) is 0 Å². The summed E-state index contributed by atoms with van der Waals surface area (Å²) < 4.78 is 5.24. The summed E-state index contributed by atoms with van der Waals surface area (Å²) in [5.41, 5.74) is 0.926. The van der Waals surface area contributed by atoms with Crippen molar-refractivity contribution in [2.75, 3.05) is 6.61 Å². The van der Waals surface area contributed by atoms with Crippen LogP contribution < -0.4 is 0 Å². The lowest BCUT2D eigenvalue weighted by Crippen LogP contribution is -2.05. The Bertz CT molecular complexity index is 113. The maximum Gasteiger partial charge on any atom is 0.108 e. The van der Waals surface area contributed by atoms with E-state index >= 15 is 0 Å². The Morgan fingerprint density at radius 1 is 1.50 bits per heavy atom. The standard InChI is InChI=1S/C8H17OP/c1-6-9-7(2)10-8(3,4)5/h10H,2,6H2,1,3-5H3. The van der Waals surface area contributed by atoms with Crippen molar-refractivity contribution in [3.8, 4) is 0 Å². The van der Waals surface area contributed by atoms with E-state index in [2.05, 4.69) is 27.4 Å². The molecular weight excluding hydrogens is 143 g/mol. The third-order valence-electron chi connectivity index (χ3n) is 0.833. The summed E-state index contributed by atoms with van der Waals surface area (Å²) in [5, 5.41) is 0.326. The minimum atomic E-state index is 0.326. The molecule has 0 aliphatic heterocycles. The molecule has 1 unspecified atom stereocenters. The van der Waals surface area contributed by atoms with Crippen LogP contribution in [0.2, 0.25) is 0 Å². The molecule has 0 aliphatic rings. The molecule has 10 heavy (non-hydrogen) atoms. The molecule has 60 valence electrons. The molecule has 0 aromatic rings.